The zero-order chi connectivity index (χ0) is 26.4. The first-order chi connectivity index (χ1) is 18.4. The normalized spacial score (nSPS) is 14.6. The second-order valence-electron chi connectivity index (χ2n) is 10.7. The molecular weight excluding hydrogens is 470 g/mol. The van der Waals surface area contributed by atoms with Crippen molar-refractivity contribution >= 4 is 27.5 Å². The number of hydrogen-bond donors (Lipinski definition) is 0. The highest BCUT2D eigenvalue weighted by Gasteiger charge is 2.22. The summed E-state index contributed by atoms with van der Waals surface area (Å²) < 4.78 is 7.64. The highest BCUT2D eigenvalue weighted by Crippen LogP contribution is 2.36. The van der Waals surface area contributed by atoms with E-state index in [1.54, 1.807) is 7.11 Å². The molecule has 0 saturated carbocycles. The highest BCUT2D eigenvalue weighted by molar-refractivity contribution is 6.09. The van der Waals surface area contributed by atoms with Crippen molar-refractivity contribution < 1.29 is 4.74 Å². The topological polar surface area (TPSA) is 46.4 Å². The molecule has 0 radical (unpaired) electrons. The average molecular weight is 506 g/mol. The number of nitrogens with zero attached hydrogens (tertiary/aromatic N) is 5. The summed E-state index contributed by atoms with van der Waals surface area (Å²) >= 11 is 0. The van der Waals surface area contributed by atoms with Crippen LogP contribution in [0.3, 0.4) is 0 Å². The Morgan fingerprint density at radius 1 is 0.842 bits per heavy atom. The summed E-state index contributed by atoms with van der Waals surface area (Å²) in [7, 11) is 6.07. The largest absolute Gasteiger partial charge is 0.497 e. The van der Waals surface area contributed by atoms with Gasteiger partial charge in [0.05, 0.1) is 23.8 Å². The molecule has 0 unspecified atom stereocenters. The van der Waals surface area contributed by atoms with E-state index in [0.717, 1.165) is 57.6 Å². The molecule has 0 amide bonds. The second kappa shape index (κ2) is 9.76. The van der Waals surface area contributed by atoms with E-state index < -0.39 is 0 Å². The molecule has 1 fully saturated rings. The zero-order valence-corrected chi connectivity index (χ0v) is 22.9. The highest BCUT2D eigenvalue weighted by atomic mass is 16.5. The summed E-state index contributed by atoms with van der Waals surface area (Å²) in [5, 5.41) is 7.25. The predicted molar refractivity (Wildman–Crippen MR) is 157 cm³/mol. The summed E-state index contributed by atoms with van der Waals surface area (Å²) in [6.07, 6.45) is 4.36. The monoisotopic (exact) mass is 505 g/mol. The number of hydrogen-bond acceptors (Lipinski definition) is 5. The molecule has 0 atom stereocenters. The molecule has 6 nitrogen and oxygen atoms in total. The number of pyridine rings is 1. The van der Waals surface area contributed by atoms with Crippen LogP contribution in [0, 0.1) is 13.8 Å². The molecule has 1 saturated heterocycles. The maximum Gasteiger partial charge on any atom is 0.119 e. The average Bonchev–Trinajstić information content (AvgIpc) is 3.34. The summed E-state index contributed by atoms with van der Waals surface area (Å²) in [4.78, 5) is 9.65. The van der Waals surface area contributed by atoms with Crippen molar-refractivity contribution in [2.75, 3.05) is 39.2 Å². The molecule has 3 heterocycles. The van der Waals surface area contributed by atoms with Crippen LogP contribution in [-0.2, 0) is 0 Å². The minimum absolute atomic E-state index is 0.673. The first-order valence-corrected chi connectivity index (χ1v) is 13.4. The van der Waals surface area contributed by atoms with Gasteiger partial charge in [-0.2, -0.15) is 5.10 Å². The van der Waals surface area contributed by atoms with Crippen molar-refractivity contribution in [2.45, 2.75) is 32.7 Å². The smallest absolute Gasteiger partial charge is 0.119 e. The molecule has 38 heavy (non-hydrogen) atoms. The van der Waals surface area contributed by atoms with E-state index in [9.17, 15) is 0 Å². The van der Waals surface area contributed by atoms with E-state index in [1.165, 1.54) is 29.7 Å². The third kappa shape index (κ3) is 4.29. The third-order valence-electron chi connectivity index (χ3n) is 8.15. The Hall–Kier alpha value is -3.90. The number of methoxy groups -OCH3 is 1. The fraction of sp³-hybridized carbons (Fsp3) is 0.312. The number of benzene rings is 3. The van der Waals surface area contributed by atoms with E-state index in [0.29, 0.717) is 6.04 Å². The van der Waals surface area contributed by atoms with E-state index in [-0.39, 0.29) is 0 Å². The number of piperidine rings is 1. The minimum Gasteiger partial charge on any atom is -0.497 e. The molecule has 0 spiro atoms. The number of aryl methyl sites for hydroxylation is 2. The Morgan fingerprint density at radius 3 is 2.26 bits per heavy atom. The lowest BCUT2D eigenvalue weighted by Gasteiger charge is -2.36. The van der Waals surface area contributed by atoms with Crippen molar-refractivity contribution in [3.05, 3.63) is 78.0 Å². The Balaban J connectivity index is 1.46. The van der Waals surface area contributed by atoms with Crippen molar-refractivity contribution in [3.8, 4) is 22.7 Å². The van der Waals surface area contributed by atoms with Gasteiger partial charge in [0.25, 0.3) is 0 Å². The lowest BCUT2D eigenvalue weighted by atomic mass is 10.0. The van der Waals surface area contributed by atoms with Gasteiger partial charge in [-0.25, -0.2) is 4.68 Å². The van der Waals surface area contributed by atoms with Crippen LogP contribution in [0.5, 0.6) is 5.75 Å². The number of ether oxygens (including phenoxy) is 1. The summed E-state index contributed by atoms with van der Waals surface area (Å²) in [5.74, 6) is 0.809. The van der Waals surface area contributed by atoms with E-state index in [2.05, 4.69) is 91.0 Å². The van der Waals surface area contributed by atoms with Crippen LogP contribution < -0.4 is 9.64 Å². The van der Waals surface area contributed by atoms with Crippen LogP contribution >= 0.6 is 0 Å². The van der Waals surface area contributed by atoms with E-state index in [1.807, 2.05) is 18.3 Å². The number of rotatable bonds is 5. The van der Waals surface area contributed by atoms with Crippen molar-refractivity contribution in [1.82, 2.24) is 19.7 Å². The fourth-order valence-electron chi connectivity index (χ4n) is 5.62. The van der Waals surface area contributed by atoms with Crippen LogP contribution in [0.4, 0.5) is 5.69 Å². The molecule has 0 bridgehead atoms. The molecule has 6 heteroatoms. The van der Waals surface area contributed by atoms with Gasteiger partial charge in [0.2, 0.25) is 0 Å². The van der Waals surface area contributed by atoms with Gasteiger partial charge >= 0.3 is 0 Å². The summed E-state index contributed by atoms with van der Waals surface area (Å²) in [6, 6.07) is 22.1. The molecular formula is C32H35N5O. The van der Waals surface area contributed by atoms with Crippen LogP contribution in [0.15, 0.2) is 66.9 Å². The van der Waals surface area contributed by atoms with Crippen molar-refractivity contribution in [3.63, 3.8) is 0 Å². The molecule has 6 rings (SSSR count). The fourth-order valence-corrected chi connectivity index (χ4v) is 5.62. The number of fused-ring (bicyclic) bond motifs is 3. The molecule has 5 aromatic rings. The van der Waals surface area contributed by atoms with Crippen molar-refractivity contribution in [1.29, 1.82) is 0 Å². The molecule has 3 aromatic carbocycles. The molecule has 0 N–H and O–H groups in total. The first-order valence-electron chi connectivity index (χ1n) is 13.4. The van der Waals surface area contributed by atoms with Gasteiger partial charge in [0, 0.05) is 47.4 Å². The molecule has 1 aliphatic heterocycles. The summed E-state index contributed by atoms with van der Waals surface area (Å²) in [6.45, 7) is 6.46. The van der Waals surface area contributed by atoms with Gasteiger partial charge < -0.3 is 14.5 Å². The Bertz CT molecular complexity index is 1610. The van der Waals surface area contributed by atoms with Crippen LogP contribution in [-0.4, -0.2) is 60.0 Å². The van der Waals surface area contributed by atoms with Crippen LogP contribution in [0.1, 0.15) is 24.0 Å². The van der Waals surface area contributed by atoms with Gasteiger partial charge in [-0.1, -0.05) is 18.2 Å². The van der Waals surface area contributed by atoms with Crippen LogP contribution in [0.25, 0.3) is 38.8 Å². The number of anilines is 1. The van der Waals surface area contributed by atoms with Crippen molar-refractivity contribution in [2.24, 2.45) is 0 Å². The van der Waals surface area contributed by atoms with E-state index in [4.69, 9.17) is 14.8 Å². The molecule has 1 aliphatic rings. The molecule has 194 valence electrons. The van der Waals surface area contributed by atoms with Crippen LogP contribution in [0.2, 0.25) is 0 Å². The Kier molecular flexibility index (Phi) is 6.28. The Morgan fingerprint density at radius 2 is 1.58 bits per heavy atom. The summed E-state index contributed by atoms with van der Waals surface area (Å²) in [5.41, 5.74) is 8.82. The third-order valence-corrected chi connectivity index (χ3v) is 8.15. The second-order valence-corrected chi connectivity index (χ2v) is 10.7. The standard InChI is InChI=1S/C32H35N5O/c1-21-6-9-26(18-22(21)2)37-32-28-19-27(38-5)12-13-30(28)33-20-29(32)31(34-37)23-7-10-25(11-8-23)36-16-14-24(15-17-36)35(3)4/h6-13,18-20,24H,14-17H2,1-5H3. The van der Waals surface area contributed by atoms with Gasteiger partial charge in [0.15, 0.2) is 0 Å². The zero-order valence-electron chi connectivity index (χ0n) is 22.9. The SMILES string of the molecule is COc1ccc2ncc3c(-c4ccc(N5CCC(N(C)C)CC5)cc4)nn(-c4ccc(C)c(C)c4)c3c2c1. The first kappa shape index (κ1) is 24.4. The predicted octanol–water partition coefficient (Wildman–Crippen LogP) is 6.40. The molecule has 0 aliphatic carbocycles. The van der Waals surface area contributed by atoms with E-state index >= 15 is 0 Å². The Labute approximate surface area is 224 Å². The minimum atomic E-state index is 0.673. The number of aromatic nitrogens is 3. The lowest BCUT2D eigenvalue weighted by molar-refractivity contribution is 0.249. The van der Waals surface area contributed by atoms with Gasteiger partial charge in [0.1, 0.15) is 11.4 Å². The van der Waals surface area contributed by atoms with Gasteiger partial charge in [-0.3, -0.25) is 4.98 Å². The maximum absolute atomic E-state index is 5.57. The van der Waals surface area contributed by atoms with Gasteiger partial charge in [-0.15, -0.1) is 0 Å². The quantitative estimate of drug-likeness (QED) is 0.277. The lowest BCUT2D eigenvalue weighted by Crippen LogP contribution is -2.41. The van der Waals surface area contributed by atoms with Gasteiger partial charge in [-0.05, 0) is 94.4 Å². The molecule has 2 aromatic heterocycles. The maximum atomic E-state index is 5.57.